The summed E-state index contributed by atoms with van der Waals surface area (Å²) >= 11 is 7.90. The SMILES string of the molecule is C=N/C=N\C(NS(=O)c1ccc(NCCCN2CCN(C)CC2)c([N+](=O)[O-])c1)=C1\C=CC(N2CCN(Cc3ccccc3-c3ccc(Cl)cc3)CC2)=CC1.CC.CSc1ccccc1. The van der Waals surface area contributed by atoms with Gasteiger partial charge in [-0.15, -0.1) is 11.8 Å². The van der Waals surface area contributed by atoms with E-state index in [1.165, 1.54) is 28.4 Å². The van der Waals surface area contributed by atoms with Crippen molar-refractivity contribution in [2.45, 2.75) is 43.0 Å². The zero-order chi connectivity index (χ0) is 45.7. The lowest BCUT2D eigenvalue weighted by Gasteiger charge is -2.37. The monoisotopic (exact) mass is 923 g/mol. The number of allylic oxidation sites excluding steroid dienone is 4. The van der Waals surface area contributed by atoms with Gasteiger partial charge < -0.3 is 20.0 Å². The number of rotatable bonds is 16. The van der Waals surface area contributed by atoms with Crippen molar-refractivity contribution in [3.05, 3.63) is 153 Å². The zero-order valence-corrected chi connectivity index (χ0v) is 39.9. The number of nitro groups is 1. The highest BCUT2D eigenvalue weighted by Crippen LogP contribution is 2.29. The smallest absolute Gasteiger partial charge is 0.293 e. The van der Waals surface area contributed by atoms with Crippen molar-refractivity contribution in [1.29, 1.82) is 0 Å². The van der Waals surface area contributed by atoms with Gasteiger partial charge in [-0.1, -0.05) is 92.2 Å². The molecule has 1 aliphatic carbocycles. The third-order valence-corrected chi connectivity index (χ3v) is 13.0. The summed E-state index contributed by atoms with van der Waals surface area (Å²) in [5.74, 6) is 0.366. The van der Waals surface area contributed by atoms with Crippen LogP contribution in [0.4, 0.5) is 11.4 Å². The van der Waals surface area contributed by atoms with E-state index in [2.05, 4.69) is 120 Å². The Hall–Kier alpha value is -5.09. The van der Waals surface area contributed by atoms with Crippen LogP contribution in [0.3, 0.4) is 0 Å². The van der Waals surface area contributed by atoms with Gasteiger partial charge in [0.15, 0.2) is 11.0 Å². The summed E-state index contributed by atoms with van der Waals surface area (Å²) in [5.41, 5.74) is 5.91. The van der Waals surface area contributed by atoms with Crippen LogP contribution in [0.15, 0.2) is 152 Å². The summed E-state index contributed by atoms with van der Waals surface area (Å²) in [5, 5.41) is 16.0. The second-order valence-electron chi connectivity index (χ2n) is 15.1. The average molecular weight is 925 g/mol. The van der Waals surface area contributed by atoms with Crippen LogP contribution >= 0.6 is 23.4 Å². The molecule has 0 bridgehead atoms. The molecule has 0 radical (unpaired) electrons. The largest absolute Gasteiger partial charge is 0.379 e. The Morgan fingerprint density at radius 2 is 1.59 bits per heavy atom. The van der Waals surface area contributed by atoms with E-state index in [9.17, 15) is 14.3 Å². The maximum absolute atomic E-state index is 13.5. The Morgan fingerprint density at radius 3 is 2.23 bits per heavy atom. The molecule has 2 N–H and O–H groups in total. The molecule has 0 amide bonds. The first kappa shape index (κ1) is 49.9. The molecule has 64 heavy (non-hydrogen) atoms. The standard InChI is InChI=1S/C40H48ClN9O3S.C7H8S.C2H6/c1-42-30-44-40(45-54(53)36-16-17-38(39(28-36)50(51)52)43-18-5-19-47-22-20-46(2)21-23-47)32-10-14-35(15-11-32)49-26-24-48(25-27-49)29-33-6-3-4-7-37(33)31-8-12-34(41)13-9-31;1-8-7-5-3-2-4-6-7;1-2/h3-4,6-10,12-17,28,30,43,45H,1,5,11,18-27,29H2,2H3;2-6H,1H3;1-2H3/b40-32+,44-30-;;. The molecule has 0 aromatic heterocycles. The fourth-order valence-electron chi connectivity index (χ4n) is 7.42. The molecule has 2 aliphatic heterocycles. The van der Waals surface area contributed by atoms with Gasteiger partial charge in [0.25, 0.3) is 5.69 Å². The van der Waals surface area contributed by atoms with E-state index in [1.807, 2.05) is 50.3 Å². The molecule has 1 atom stereocenters. The van der Waals surface area contributed by atoms with Crippen molar-refractivity contribution in [1.82, 2.24) is 24.3 Å². The molecular formula is C49H62ClN9O3S2. The van der Waals surface area contributed by atoms with E-state index in [1.54, 1.807) is 23.9 Å². The Labute approximate surface area is 391 Å². The van der Waals surface area contributed by atoms with Gasteiger partial charge in [-0.3, -0.25) is 24.7 Å². The van der Waals surface area contributed by atoms with Crippen molar-refractivity contribution in [2.24, 2.45) is 9.98 Å². The van der Waals surface area contributed by atoms with Crippen LogP contribution in [0.2, 0.25) is 5.02 Å². The number of nitro benzene ring substituents is 1. The van der Waals surface area contributed by atoms with Crippen LogP contribution in [-0.4, -0.2) is 121 Å². The number of nitrogens with zero attached hydrogens (tertiary/aromatic N) is 7. The molecule has 15 heteroatoms. The molecule has 2 heterocycles. The Kier molecular flexibility index (Phi) is 20.8. The average Bonchev–Trinajstić information content (AvgIpc) is 3.34. The van der Waals surface area contributed by atoms with Crippen molar-refractivity contribution < 1.29 is 9.13 Å². The van der Waals surface area contributed by atoms with Crippen molar-refractivity contribution in [2.75, 3.05) is 84.1 Å². The van der Waals surface area contributed by atoms with Gasteiger partial charge in [-0.2, -0.15) is 0 Å². The molecule has 2 saturated heterocycles. The number of anilines is 1. The van der Waals surface area contributed by atoms with Gasteiger partial charge in [-0.25, -0.2) is 9.20 Å². The second kappa shape index (κ2) is 26.6. The first-order valence-electron chi connectivity index (χ1n) is 21.8. The fourth-order valence-corrected chi connectivity index (χ4v) is 8.87. The highest BCUT2D eigenvalue weighted by Gasteiger charge is 2.22. The quantitative estimate of drug-likeness (QED) is 0.0283. The van der Waals surface area contributed by atoms with E-state index in [0.29, 0.717) is 24.5 Å². The lowest BCUT2D eigenvalue weighted by molar-refractivity contribution is -0.384. The highest BCUT2D eigenvalue weighted by molar-refractivity contribution is 7.98. The van der Waals surface area contributed by atoms with Crippen LogP contribution in [-0.2, 0) is 17.5 Å². The zero-order valence-electron chi connectivity index (χ0n) is 37.5. The molecule has 4 aromatic rings. The normalized spacial score (nSPS) is 17.0. The number of piperazine rings is 2. The molecule has 0 saturated carbocycles. The van der Waals surface area contributed by atoms with Crippen LogP contribution < -0.4 is 10.0 Å². The maximum Gasteiger partial charge on any atom is 0.293 e. The van der Waals surface area contributed by atoms with Gasteiger partial charge in [0.2, 0.25) is 0 Å². The number of nitrogens with one attached hydrogen (secondary N) is 2. The maximum atomic E-state index is 13.5. The predicted molar refractivity (Wildman–Crippen MR) is 270 cm³/mol. The molecule has 3 aliphatic rings. The van der Waals surface area contributed by atoms with Crippen LogP contribution in [0.25, 0.3) is 11.1 Å². The Balaban J connectivity index is 0.000000687. The number of likely N-dealkylation sites (N-methyl/N-ethyl adjacent to an activating group) is 1. The molecular weight excluding hydrogens is 862 g/mol. The number of aliphatic imine (C=N–C) groups is 2. The van der Waals surface area contributed by atoms with E-state index < -0.39 is 15.9 Å². The first-order chi connectivity index (χ1) is 31.2. The number of hydrogen-bond acceptors (Lipinski definition) is 10. The van der Waals surface area contributed by atoms with Gasteiger partial charge in [-0.05, 0) is 104 Å². The number of hydrogen-bond donors (Lipinski definition) is 2. The summed E-state index contributed by atoms with van der Waals surface area (Å²) in [6.07, 6.45) is 11.0. The molecule has 7 rings (SSSR count). The topological polar surface area (TPSA) is 122 Å². The molecule has 4 aromatic carbocycles. The van der Waals surface area contributed by atoms with Gasteiger partial charge in [0.1, 0.15) is 17.8 Å². The lowest BCUT2D eigenvalue weighted by atomic mass is 9.99. The van der Waals surface area contributed by atoms with Gasteiger partial charge in [0.05, 0.1) is 9.82 Å². The molecule has 0 spiro atoms. The summed E-state index contributed by atoms with van der Waals surface area (Å²) in [4.78, 5) is 30.9. The van der Waals surface area contributed by atoms with E-state index in [0.717, 1.165) is 93.7 Å². The Bertz CT molecular complexity index is 2260. The molecule has 12 nitrogen and oxygen atoms in total. The van der Waals surface area contributed by atoms with Crippen molar-refractivity contribution in [3.8, 4) is 11.1 Å². The number of benzene rings is 4. The van der Waals surface area contributed by atoms with Crippen molar-refractivity contribution >= 4 is 58.8 Å². The summed E-state index contributed by atoms with van der Waals surface area (Å²) in [6.45, 7) is 17.7. The fraction of sp³-hybridized carbons (Fsp3) is 0.347. The minimum Gasteiger partial charge on any atom is -0.379 e. The highest BCUT2D eigenvalue weighted by atomic mass is 35.5. The minimum atomic E-state index is -1.82. The molecule has 2 fully saturated rings. The summed E-state index contributed by atoms with van der Waals surface area (Å²) < 4.78 is 16.5. The summed E-state index contributed by atoms with van der Waals surface area (Å²) in [6, 6.07) is 31.5. The lowest BCUT2D eigenvalue weighted by Crippen LogP contribution is -2.45. The summed E-state index contributed by atoms with van der Waals surface area (Å²) in [7, 11) is 0.309. The van der Waals surface area contributed by atoms with Crippen LogP contribution in [0.1, 0.15) is 32.3 Å². The van der Waals surface area contributed by atoms with E-state index in [4.69, 9.17) is 11.6 Å². The number of halogens is 1. The van der Waals surface area contributed by atoms with Gasteiger partial charge >= 0.3 is 0 Å². The van der Waals surface area contributed by atoms with Crippen LogP contribution in [0.5, 0.6) is 0 Å². The second-order valence-corrected chi connectivity index (χ2v) is 17.7. The van der Waals surface area contributed by atoms with E-state index in [-0.39, 0.29) is 10.6 Å². The van der Waals surface area contributed by atoms with Crippen LogP contribution in [0, 0.1) is 10.1 Å². The third-order valence-electron chi connectivity index (χ3n) is 11.0. The first-order valence-corrected chi connectivity index (χ1v) is 24.6. The minimum absolute atomic E-state index is 0.122. The number of thioether (sulfide) groups is 1. The van der Waals surface area contributed by atoms with Gasteiger partial charge in [0, 0.05) is 87.1 Å². The molecule has 1 unspecified atom stereocenters. The van der Waals surface area contributed by atoms with E-state index >= 15 is 0 Å². The molecule has 340 valence electrons. The van der Waals surface area contributed by atoms with Crippen molar-refractivity contribution in [3.63, 3.8) is 0 Å². The Morgan fingerprint density at radius 1 is 0.906 bits per heavy atom. The predicted octanol–water partition coefficient (Wildman–Crippen LogP) is 9.61. The third kappa shape index (κ3) is 15.3.